The third-order valence-electron chi connectivity index (χ3n) is 7.56. The summed E-state index contributed by atoms with van der Waals surface area (Å²) in [5.41, 5.74) is 3.32. The molecular weight excluding hydrogens is 457 g/mol. The number of halogens is 3. The number of aryl methyl sites for hydroxylation is 1. The summed E-state index contributed by atoms with van der Waals surface area (Å²) in [4.78, 5) is 16.5. The number of nitrogens with zero attached hydrogens (tertiary/aromatic N) is 6. The number of aromatic nitrogens is 5. The molecular formula is C25H29F3N6O. The standard InChI is InChI=1S/C25H29F3N6O/c1-15-2-9-20-22(16-3-5-18(6-4-16)25(26,27)28)31-24(32-23(20)30-15)33-10-11-35-21(14-33)17-12-29-34(13-17)19-7-8-19/h2,9,12-13,16,18-19,21H,3-8,10-11,14H2,1H3/t16-,18-,21-/m0/s1. The zero-order valence-corrected chi connectivity index (χ0v) is 19.7. The lowest BCUT2D eigenvalue weighted by Gasteiger charge is -2.34. The normalized spacial score (nSPS) is 25.8. The molecule has 0 N–H and O–H groups in total. The maximum atomic E-state index is 13.2. The molecule has 0 aromatic carbocycles. The highest BCUT2D eigenvalue weighted by molar-refractivity contribution is 5.79. The van der Waals surface area contributed by atoms with Gasteiger partial charge in [-0.05, 0) is 57.6 Å². The van der Waals surface area contributed by atoms with Gasteiger partial charge in [0.2, 0.25) is 5.95 Å². The van der Waals surface area contributed by atoms with Crippen molar-refractivity contribution in [2.24, 2.45) is 5.92 Å². The van der Waals surface area contributed by atoms with Crippen molar-refractivity contribution < 1.29 is 17.9 Å². The zero-order chi connectivity index (χ0) is 24.2. The van der Waals surface area contributed by atoms with Gasteiger partial charge >= 0.3 is 6.18 Å². The molecule has 4 heterocycles. The van der Waals surface area contributed by atoms with E-state index in [0.717, 1.165) is 22.3 Å². The molecule has 2 saturated carbocycles. The second-order valence-corrected chi connectivity index (χ2v) is 10.1. The lowest BCUT2D eigenvalue weighted by molar-refractivity contribution is -0.182. The van der Waals surface area contributed by atoms with Crippen LogP contribution in [0.5, 0.6) is 0 Å². The van der Waals surface area contributed by atoms with Crippen LogP contribution in [0.25, 0.3) is 11.0 Å². The summed E-state index contributed by atoms with van der Waals surface area (Å²) in [6.45, 7) is 3.68. The molecule has 7 nitrogen and oxygen atoms in total. The fraction of sp³-hybridized carbons (Fsp3) is 0.600. The van der Waals surface area contributed by atoms with E-state index in [-0.39, 0.29) is 24.9 Å². The first-order valence-corrected chi connectivity index (χ1v) is 12.5. The van der Waals surface area contributed by atoms with Crippen LogP contribution in [0.15, 0.2) is 24.5 Å². The summed E-state index contributed by atoms with van der Waals surface area (Å²) < 4.78 is 47.8. The van der Waals surface area contributed by atoms with Gasteiger partial charge in [0.15, 0.2) is 5.65 Å². The molecule has 35 heavy (non-hydrogen) atoms. The van der Waals surface area contributed by atoms with Gasteiger partial charge < -0.3 is 9.64 Å². The van der Waals surface area contributed by atoms with Gasteiger partial charge in [0.05, 0.1) is 37.0 Å². The number of pyridine rings is 1. The number of hydrogen-bond acceptors (Lipinski definition) is 6. The third-order valence-corrected chi connectivity index (χ3v) is 7.56. The molecule has 0 unspecified atom stereocenters. The van der Waals surface area contributed by atoms with Crippen molar-refractivity contribution in [3.8, 4) is 0 Å². The molecule has 3 aromatic rings. The molecule has 1 aliphatic heterocycles. The van der Waals surface area contributed by atoms with Gasteiger partial charge in [0.25, 0.3) is 0 Å². The number of ether oxygens (including phenoxy) is 1. The van der Waals surface area contributed by atoms with E-state index in [1.807, 2.05) is 29.9 Å². The van der Waals surface area contributed by atoms with Crippen molar-refractivity contribution >= 4 is 17.0 Å². The monoisotopic (exact) mass is 486 g/mol. The van der Waals surface area contributed by atoms with Crippen LogP contribution in [0.3, 0.4) is 0 Å². The minimum Gasteiger partial charge on any atom is -0.370 e. The second-order valence-electron chi connectivity index (χ2n) is 10.1. The molecule has 1 atom stereocenters. The minimum absolute atomic E-state index is 0.0315. The topological polar surface area (TPSA) is 69.0 Å². The van der Waals surface area contributed by atoms with Crippen LogP contribution in [0.2, 0.25) is 0 Å². The van der Waals surface area contributed by atoms with Gasteiger partial charge in [0, 0.05) is 35.3 Å². The lowest BCUT2D eigenvalue weighted by Crippen LogP contribution is -2.39. The summed E-state index contributed by atoms with van der Waals surface area (Å²) in [6, 6.07) is 4.39. The van der Waals surface area contributed by atoms with Crippen LogP contribution in [-0.4, -0.2) is 50.6 Å². The molecule has 2 aliphatic carbocycles. The summed E-state index contributed by atoms with van der Waals surface area (Å²) >= 11 is 0. The highest BCUT2D eigenvalue weighted by Crippen LogP contribution is 2.44. The van der Waals surface area contributed by atoms with Crippen molar-refractivity contribution in [3.63, 3.8) is 0 Å². The predicted molar refractivity (Wildman–Crippen MR) is 124 cm³/mol. The smallest absolute Gasteiger partial charge is 0.370 e. The van der Waals surface area contributed by atoms with Crippen molar-refractivity contribution in [2.45, 2.75) is 69.7 Å². The highest BCUT2D eigenvalue weighted by atomic mass is 19.4. The molecule has 0 bridgehead atoms. The first-order valence-electron chi connectivity index (χ1n) is 12.5. The Balaban J connectivity index is 1.29. The number of anilines is 1. The van der Waals surface area contributed by atoms with Crippen LogP contribution in [0.4, 0.5) is 19.1 Å². The van der Waals surface area contributed by atoms with Crippen molar-refractivity contribution in [1.82, 2.24) is 24.7 Å². The fourth-order valence-electron chi connectivity index (χ4n) is 5.35. The molecule has 3 aromatic heterocycles. The molecule has 3 aliphatic rings. The zero-order valence-electron chi connectivity index (χ0n) is 19.7. The predicted octanol–water partition coefficient (Wildman–Crippen LogP) is 5.28. The Morgan fingerprint density at radius 1 is 1.00 bits per heavy atom. The van der Waals surface area contributed by atoms with Crippen LogP contribution < -0.4 is 4.90 Å². The van der Waals surface area contributed by atoms with E-state index >= 15 is 0 Å². The second kappa shape index (κ2) is 8.72. The van der Waals surface area contributed by atoms with Gasteiger partial charge in [-0.15, -0.1) is 0 Å². The van der Waals surface area contributed by atoms with Gasteiger partial charge in [-0.25, -0.2) is 9.97 Å². The molecule has 6 rings (SSSR count). The van der Waals surface area contributed by atoms with Crippen LogP contribution in [-0.2, 0) is 4.74 Å². The lowest BCUT2D eigenvalue weighted by atomic mass is 9.79. The van der Waals surface area contributed by atoms with E-state index in [1.165, 1.54) is 12.8 Å². The Labute approximate surface area is 201 Å². The number of alkyl halides is 3. The van der Waals surface area contributed by atoms with E-state index in [9.17, 15) is 13.2 Å². The average molecular weight is 487 g/mol. The minimum atomic E-state index is -4.13. The van der Waals surface area contributed by atoms with E-state index in [1.54, 1.807) is 0 Å². The fourth-order valence-corrected chi connectivity index (χ4v) is 5.35. The molecule has 186 valence electrons. The van der Waals surface area contributed by atoms with E-state index in [2.05, 4.69) is 21.2 Å². The van der Waals surface area contributed by atoms with E-state index < -0.39 is 12.1 Å². The highest BCUT2D eigenvalue weighted by Gasteiger charge is 2.42. The largest absolute Gasteiger partial charge is 0.391 e. The molecule has 10 heteroatoms. The number of fused-ring (bicyclic) bond motifs is 1. The Morgan fingerprint density at radius 3 is 2.54 bits per heavy atom. The van der Waals surface area contributed by atoms with Gasteiger partial charge in [-0.1, -0.05) is 0 Å². The molecule has 0 radical (unpaired) electrons. The summed E-state index contributed by atoms with van der Waals surface area (Å²) in [5.74, 6) is -0.675. The van der Waals surface area contributed by atoms with Crippen molar-refractivity contribution in [2.75, 3.05) is 24.6 Å². The van der Waals surface area contributed by atoms with Crippen LogP contribution >= 0.6 is 0 Å². The van der Waals surface area contributed by atoms with Crippen LogP contribution in [0.1, 0.15) is 73.5 Å². The molecule has 0 amide bonds. The Morgan fingerprint density at radius 2 is 1.80 bits per heavy atom. The Hall–Kier alpha value is -2.75. The van der Waals surface area contributed by atoms with Crippen molar-refractivity contribution in [1.29, 1.82) is 0 Å². The third kappa shape index (κ3) is 4.60. The maximum Gasteiger partial charge on any atom is 0.391 e. The maximum absolute atomic E-state index is 13.2. The van der Waals surface area contributed by atoms with E-state index in [0.29, 0.717) is 50.2 Å². The number of rotatable bonds is 4. The Bertz CT molecular complexity index is 1220. The van der Waals surface area contributed by atoms with E-state index in [4.69, 9.17) is 14.7 Å². The average Bonchev–Trinajstić information content (AvgIpc) is 3.59. The molecule has 3 fully saturated rings. The van der Waals surface area contributed by atoms with Crippen LogP contribution in [0, 0.1) is 12.8 Å². The molecule has 1 saturated heterocycles. The summed E-state index contributed by atoms with van der Waals surface area (Å²) in [5, 5.41) is 5.34. The first-order chi connectivity index (χ1) is 16.8. The Kier molecular flexibility index (Phi) is 5.66. The number of morpholine rings is 1. The molecule has 0 spiro atoms. The van der Waals surface area contributed by atoms with Gasteiger partial charge in [0.1, 0.15) is 6.10 Å². The quantitative estimate of drug-likeness (QED) is 0.500. The van der Waals surface area contributed by atoms with Gasteiger partial charge in [-0.2, -0.15) is 23.3 Å². The first kappa shape index (κ1) is 22.7. The number of hydrogen-bond donors (Lipinski definition) is 0. The summed E-state index contributed by atoms with van der Waals surface area (Å²) in [7, 11) is 0. The SMILES string of the molecule is Cc1ccc2c(n1)nc(N1CCO[C@H](c3cnn(C4CC4)c3)C1)nc2[C@H]1CC[C@H](C(F)(F)F)CC1. The summed E-state index contributed by atoms with van der Waals surface area (Å²) in [6.07, 6.45) is 3.24. The van der Waals surface area contributed by atoms with Gasteiger partial charge in [-0.3, -0.25) is 4.68 Å². The van der Waals surface area contributed by atoms with Crippen molar-refractivity contribution in [3.05, 3.63) is 41.5 Å².